The first-order valence-corrected chi connectivity index (χ1v) is 8.62. The Bertz CT molecular complexity index is 1090. The van der Waals surface area contributed by atoms with Gasteiger partial charge in [-0.3, -0.25) is 4.68 Å². The number of nitrogens with two attached hydrogens (primary N) is 1. The molecule has 0 spiro atoms. The smallest absolute Gasteiger partial charge is 0.135 e. The SMILES string of the molecule is Nc1ncnc(-c2cnn(Cc3ccccc3F)c2)c1-c1ccc(Cl)cc1. The average molecular weight is 380 g/mol. The van der Waals surface area contributed by atoms with Gasteiger partial charge in [0.05, 0.1) is 24.0 Å². The molecule has 2 heterocycles. The van der Waals surface area contributed by atoms with E-state index in [-0.39, 0.29) is 5.82 Å². The van der Waals surface area contributed by atoms with Crippen LogP contribution in [0.5, 0.6) is 0 Å². The summed E-state index contributed by atoms with van der Waals surface area (Å²) >= 11 is 5.98. The van der Waals surface area contributed by atoms with Crippen LogP contribution in [-0.4, -0.2) is 19.7 Å². The predicted octanol–water partition coefficient (Wildman–Crippen LogP) is 4.43. The first-order valence-electron chi connectivity index (χ1n) is 8.24. The fraction of sp³-hybridized carbons (Fsp3) is 0.0500. The molecule has 5 nitrogen and oxygen atoms in total. The third-order valence-corrected chi connectivity index (χ3v) is 4.46. The van der Waals surface area contributed by atoms with Crippen molar-refractivity contribution in [3.05, 3.63) is 83.7 Å². The van der Waals surface area contributed by atoms with E-state index >= 15 is 0 Å². The average Bonchev–Trinajstić information content (AvgIpc) is 3.13. The van der Waals surface area contributed by atoms with Gasteiger partial charge in [0.2, 0.25) is 0 Å². The highest BCUT2D eigenvalue weighted by atomic mass is 35.5. The first kappa shape index (κ1) is 17.2. The zero-order chi connectivity index (χ0) is 18.8. The lowest BCUT2D eigenvalue weighted by atomic mass is 10.0. The molecule has 2 N–H and O–H groups in total. The van der Waals surface area contributed by atoms with Gasteiger partial charge in [-0.05, 0) is 23.8 Å². The van der Waals surface area contributed by atoms with Gasteiger partial charge in [-0.2, -0.15) is 5.10 Å². The first-order chi connectivity index (χ1) is 13.1. The molecular weight excluding hydrogens is 365 g/mol. The number of benzene rings is 2. The summed E-state index contributed by atoms with van der Waals surface area (Å²) in [5.74, 6) is 0.104. The molecule has 134 valence electrons. The van der Waals surface area contributed by atoms with Crippen molar-refractivity contribution in [1.29, 1.82) is 0 Å². The normalized spacial score (nSPS) is 10.9. The third kappa shape index (κ3) is 3.52. The van der Waals surface area contributed by atoms with Crippen molar-refractivity contribution in [2.75, 3.05) is 5.73 Å². The summed E-state index contributed by atoms with van der Waals surface area (Å²) in [5, 5.41) is 4.97. The van der Waals surface area contributed by atoms with Crippen molar-refractivity contribution < 1.29 is 4.39 Å². The maximum Gasteiger partial charge on any atom is 0.135 e. The quantitative estimate of drug-likeness (QED) is 0.569. The van der Waals surface area contributed by atoms with Gasteiger partial charge in [0.1, 0.15) is 18.0 Å². The number of anilines is 1. The molecule has 4 aromatic rings. The molecule has 0 aliphatic heterocycles. The molecule has 4 rings (SSSR count). The maximum absolute atomic E-state index is 13.9. The Balaban J connectivity index is 1.73. The number of nitrogens with zero attached hydrogens (tertiary/aromatic N) is 4. The summed E-state index contributed by atoms with van der Waals surface area (Å²) < 4.78 is 15.6. The fourth-order valence-corrected chi connectivity index (χ4v) is 3.02. The van der Waals surface area contributed by atoms with Crippen molar-refractivity contribution in [1.82, 2.24) is 19.7 Å². The number of aromatic nitrogens is 4. The monoisotopic (exact) mass is 379 g/mol. The van der Waals surface area contributed by atoms with Crippen molar-refractivity contribution in [2.45, 2.75) is 6.54 Å². The second-order valence-electron chi connectivity index (χ2n) is 6.01. The van der Waals surface area contributed by atoms with Gasteiger partial charge in [-0.1, -0.05) is 41.9 Å². The summed E-state index contributed by atoms with van der Waals surface area (Å²) in [6.45, 7) is 0.323. The Kier molecular flexibility index (Phi) is 4.56. The van der Waals surface area contributed by atoms with Gasteiger partial charge in [0.15, 0.2) is 0 Å². The fourth-order valence-electron chi connectivity index (χ4n) is 2.89. The molecule has 0 fully saturated rings. The van der Waals surface area contributed by atoms with Gasteiger partial charge in [-0.15, -0.1) is 0 Å². The molecule has 0 aliphatic rings. The van der Waals surface area contributed by atoms with E-state index in [0.29, 0.717) is 34.2 Å². The molecule has 0 saturated heterocycles. The Morgan fingerprint density at radius 1 is 1.00 bits per heavy atom. The summed E-state index contributed by atoms with van der Waals surface area (Å²) in [5.41, 5.74) is 9.67. The molecular formula is C20H15ClFN5. The molecule has 0 atom stereocenters. The molecule has 2 aromatic carbocycles. The van der Waals surface area contributed by atoms with Gasteiger partial charge in [0, 0.05) is 22.3 Å². The lowest BCUT2D eigenvalue weighted by Crippen LogP contribution is -2.02. The molecule has 27 heavy (non-hydrogen) atoms. The van der Waals surface area contributed by atoms with Crippen LogP contribution in [0.25, 0.3) is 22.4 Å². The van der Waals surface area contributed by atoms with Crippen molar-refractivity contribution in [3.8, 4) is 22.4 Å². The van der Waals surface area contributed by atoms with Crippen LogP contribution >= 0.6 is 11.6 Å². The Hall–Kier alpha value is -3.25. The van der Waals surface area contributed by atoms with Gasteiger partial charge in [-0.25, -0.2) is 14.4 Å². The minimum absolute atomic E-state index is 0.261. The van der Waals surface area contributed by atoms with E-state index in [4.69, 9.17) is 17.3 Å². The van der Waals surface area contributed by atoms with Gasteiger partial charge >= 0.3 is 0 Å². The summed E-state index contributed by atoms with van der Waals surface area (Å²) in [7, 11) is 0. The number of nitrogen functional groups attached to an aromatic ring is 1. The molecule has 0 radical (unpaired) electrons. The highest BCUT2D eigenvalue weighted by Gasteiger charge is 2.15. The third-order valence-electron chi connectivity index (χ3n) is 4.21. The molecule has 7 heteroatoms. The van der Waals surface area contributed by atoms with E-state index < -0.39 is 0 Å². The van der Waals surface area contributed by atoms with Crippen LogP contribution in [-0.2, 0) is 6.54 Å². The van der Waals surface area contributed by atoms with Crippen molar-refractivity contribution in [2.24, 2.45) is 0 Å². The van der Waals surface area contributed by atoms with E-state index in [1.54, 1.807) is 41.2 Å². The second-order valence-corrected chi connectivity index (χ2v) is 6.44. The maximum atomic E-state index is 13.9. The van der Waals surface area contributed by atoms with E-state index in [2.05, 4.69) is 15.1 Å². The van der Waals surface area contributed by atoms with Crippen LogP contribution in [0.1, 0.15) is 5.56 Å². The van der Waals surface area contributed by atoms with Gasteiger partial charge < -0.3 is 5.73 Å². The van der Waals surface area contributed by atoms with Gasteiger partial charge in [0.25, 0.3) is 0 Å². The highest BCUT2D eigenvalue weighted by Crippen LogP contribution is 2.34. The summed E-state index contributed by atoms with van der Waals surface area (Å²) in [6.07, 6.45) is 4.91. The molecule has 0 amide bonds. The largest absolute Gasteiger partial charge is 0.383 e. The summed E-state index contributed by atoms with van der Waals surface area (Å²) in [4.78, 5) is 8.50. The Labute approximate surface area is 160 Å². The van der Waals surface area contributed by atoms with Crippen LogP contribution in [0.15, 0.2) is 67.3 Å². The Morgan fingerprint density at radius 3 is 2.56 bits per heavy atom. The second kappa shape index (κ2) is 7.17. The Morgan fingerprint density at radius 2 is 1.78 bits per heavy atom. The van der Waals surface area contributed by atoms with Crippen LogP contribution in [0.2, 0.25) is 5.02 Å². The lowest BCUT2D eigenvalue weighted by Gasteiger charge is -2.09. The molecule has 0 unspecified atom stereocenters. The van der Waals surface area contributed by atoms with Crippen LogP contribution in [0.4, 0.5) is 10.2 Å². The van der Waals surface area contributed by atoms with E-state index in [1.807, 2.05) is 18.3 Å². The zero-order valence-corrected chi connectivity index (χ0v) is 14.9. The molecule has 0 saturated carbocycles. The predicted molar refractivity (Wildman–Crippen MR) is 104 cm³/mol. The lowest BCUT2D eigenvalue weighted by molar-refractivity contribution is 0.585. The number of hydrogen-bond donors (Lipinski definition) is 1. The highest BCUT2D eigenvalue weighted by molar-refractivity contribution is 6.30. The minimum Gasteiger partial charge on any atom is -0.383 e. The standard InChI is InChI=1S/C20H15ClFN5/c21-16-7-5-13(6-8-16)18-19(24-12-25-20(18)23)15-9-26-27(11-15)10-14-3-1-2-4-17(14)22/h1-9,11-12H,10H2,(H2,23,24,25). The number of rotatable bonds is 4. The number of hydrogen-bond acceptors (Lipinski definition) is 4. The van der Waals surface area contributed by atoms with Crippen molar-refractivity contribution in [3.63, 3.8) is 0 Å². The van der Waals surface area contributed by atoms with E-state index in [1.165, 1.54) is 12.4 Å². The number of halogens is 2. The molecule has 2 aromatic heterocycles. The minimum atomic E-state index is -0.261. The van der Waals surface area contributed by atoms with Crippen LogP contribution < -0.4 is 5.73 Å². The van der Waals surface area contributed by atoms with Crippen LogP contribution in [0.3, 0.4) is 0 Å². The summed E-state index contributed by atoms with van der Waals surface area (Å²) in [6, 6.07) is 13.9. The zero-order valence-electron chi connectivity index (χ0n) is 14.2. The molecule has 0 aliphatic carbocycles. The topological polar surface area (TPSA) is 69.6 Å². The van der Waals surface area contributed by atoms with Crippen LogP contribution in [0, 0.1) is 5.82 Å². The van der Waals surface area contributed by atoms with E-state index in [9.17, 15) is 4.39 Å². The van der Waals surface area contributed by atoms with Crippen molar-refractivity contribution >= 4 is 17.4 Å². The van der Waals surface area contributed by atoms with E-state index in [0.717, 1.165) is 11.1 Å². The molecule has 0 bridgehead atoms.